The number of ether oxygens (including phenoxy) is 1. The molecule has 2 fully saturated rings. The van der Waals surface area contributed by atoms with Crippen molar-refractivity contribution in [2.75, 3.05) is 7.11 Å². The van der Waals surface area contributed by atoms with Crippen molar-refractivity contribution >= 4 is 18.3 Å². The van der Waals surface area contributed by atoms with Crippen LogP contribution in [0, 0.1) is 11.8 Å². The number of nitrogens with two attached hydrogens (primary N) is 1. The molecule has 3 rings (SSSR count). The molecule has 1 heterocycles. The molecular formula is C15H24ClN3O3. The molecule has 2 unspecified atom stereocenters. The highest BCUT2D eigenvalue weighted by Gasteiger charge is 2.40. The summed E-state index contributed by atoms with van der Waals surface area (Å²) in [6.45, 7) is 0.323. The number of methoxy groups -OCH3 is 1. The number of hydrogen-bond acceptors (Lipinski definition) is 5. The summed E-state index contributed by atoms with van der Waals surface area (Å²) < 4.78 is 10.0. The Kier molecular flexibility index (Phi) is 5.83. The van der Waals surface area contributed by atoms with Crippen LogP contribution in [0.1, 0.15) is 48.4 Å². The first-order chi connectivity index (χ1) is 10.2. The molecule has 0 saturated heterocycles. The van der Waals surface area contributed by atoms with Crippen molar-refractivity contribution in [1.82, 2.24) is 10.5 Å². The largest absolute Gasteiger partial charge is 0.377 e. The van der Waals surface area contributed by atoms with Crippen molar-refractivity contribution in [3.8, 4) is 0 Å². The third-order valence-electron chi connectivity index (χ3n) is 4.75. The fourth-order valence-corrected chi connectivity index (χ4v) is 3.88. The monoisotopic (exact) mass is 329 g/mol. The molecule has 22 heavy (non-hydrogen) atoms. The highest BCUT2D eigenvalue weighted by molar-refractivity contribution is 5.92. The molecule has 1 aromatic heterocycles. The smallest absolute Gasteiger partial charge is 0.273 e. The molecule has 2 saturated carbocycles. The Balaban J connectivity index is 0.00000176. The molecule has 3 N–H and O–H groups in total. The summed E-state index contributed by atoms with van der Waals surface area (Å²) in [5, 5.41) is 6.97. The molecular weight excluding hydrogens is 306 g/mol. The summed E-state index contributed by atoms with van der Waals surface area (Å²) in [5.74, 6) is 1.41. The number of nitrogens with zero attached hydrogens (tertiary/aromatic N) is 1. The highest BCUT2D eigenvalue weighted by atomic mass is 35.5. The van der Waals surface area contributed by atoms with Gasteiger partial charge in [0.25, 0.3) is 5.91 Å². The van der Waals surface area contributed by atoms with Gasteiger partial charge in [0.05, 0.1) is 0 Å². The van der Waals surface area contributed by atoms with Crippen molar-refractivity contribution < 1.29 is 14.1 Å². The summed E-state index contributed by atoms with van der Waals surface area (Å²) in [6.07, 6.45) is 5.58. The summed E-state index contributed by atoms with van der Waals surface area (Å²) >= 11 is 0. The van der Waals surface area contributed by atoms with Gasteiger partial charge < -0.3 is 20.3 Å². The van der Waals surface area contributed by atoms with Gasteiger partial charge in [-0.3, -0.25) is 4.79 Å². The van der Waals surface area contributed by atoms with Crippen molar-refractivity contribution in [2.24, 2.45) is 17.6 Å². The molecule has 2 bridgehead atoms. The third kappa shape index (κ3) is 3.62. The van der Waals surface area contributed by atoms with E-state index in [2.05, 4.69) is 10.5 Å². The molecule has 1 amide bonds. The van der Waals surface area contributed by atoms with Crippen LogP contribution in [-0.4, -0.2) is 30.3 Å². The maximum atomic E-state index is 12.3. The summed E-state index contributed by atoms with van der Waals surface area (Å²) in [4.78, 5) is 12.3. The molecule has 0 aromatic carbocycles. The topological polar surface area (TPSA) is 90.4 Å². The minimum Gasteiger partial charge on any atom is -0.377 e. The van der Waals surface area contributed by atoms with Crippen LogP contribution in [0.4, 0.5) is 0 Å². The van der Waals surface area contributed by atoms with Crippen LogP contribution in [0.5, 0.6) is 0 Å². The predicted octanol–water partition coefficient (Wildman–Crippen LogP) is 1.88. The lowest BCUT2D eigenvalue weighted by Gasteiger charge is -2.45. The number of halogens is 1. The number of carbonyl (C=O) groups excluding carboxylic acids is 1. The van der Waals surface area contributed by atoms with E-state index in [4.69, 9.17) is 15.0 Å². The van der Waals surface area contributed by atoms with Crippen molar-refractivity contribution in [3.05, 3.63) is 17.5 Å². The van der Waals surface area contributed by atoms with E-state index in [9.17, 15) is 4.79 Å². The number of rotatable bonds is 4. The summed E-state index contributed by atoms with van der Waals surface area (Å²) in [5.41, 5.74) is 6.44. The van der Waals surface area contributed by atoms with Crippen LogP contribution in [0.25, 0.3) is 0 Å². The number of amides is 1. The minimum absolute atomic E-state index is 0. The molecule has 2 aliphatic rings. The lowest BCUT2D eigenvalue weighted by Crippen LogP contribution is -2.53. The Morgan fingerprint density at radius 3 is 2.77 bits per heavy atom. The highest BCUT2D eigenvalue weighted by Crippen LogP contribution is 2.39. The predicted molar refractivity (Wildman–Crippen MR) is 83.8 cm³/mol. The number of carbonyl (C=O) groups is 1. The molecule has 124 valence electrons. The summed E-state index contributed by atoms with van der Waals surface area (Å²) in [6, 6.07) is 2.16. The lowest BCUT2D eigenvalue weighted by atomic mass is 9.67. The molecule has 6 nitrogen and oxygen atoms in total. The van der Waals surface area contributed by atoms with E-state index >= 15 is 0 Å². The van der Waals surface area contributed by atoms with E-state index in [1.165, 1.54) is 6.42 Å². The van der Waals surface area contributed by atoms with E-state index in [1.54, 1.807) is 13.2 Å². The van der Waals surface area contributed by atoms with Crippen LogP contribution in [0.2, 0.25) is 0 Å². The normalized spacial score (nSPS) is 30.5. The van der Waals surface area contributed by atoms with Gasteiger partial charge in [-0.15, -0.1) is 12.4 Å². The van der Waals surface area contributed by atoms with Crippen LogP contribution < -0.4 is 11.1 Å². The van der Waals surface area contributed by atoms with Gasteiger partial charge in [-0.1, -0.05) is 11.6 Å². The Morgan fingerprint density at radius 2 is 2.14 bits per heavy atom. The van der Waals surface area contributed by atoms with Gasteiger partial charge in [-0.25, -0.2) is 0 Å². The van der Waals surface area contributed by atoms with Gasteiger partial charge >= 0.3 is 0 Å². The Labute approximate surface area is 136 Å². The first-order valence-electron chi connectivity index (χ1n) is 7.68. The zero-order valence-electron chi connectivity index (χ0n) is 12.8. The Bertz CT molecular complexity index is 494. The molecule has 7 heteroatoms. The first kappa shape index (κ1) is 17.2. The standard InChI is InChI=1S/C15H23N3O3.ClH/c1-20-8-12-7-13(18-21-12)15(19)17-14-9-3-2-4-10(14)6-11(16)5-9;/h7,9-11,14H,2-6,8,16H2,1H3,(H,17,19);1H. The molecule has 2 aliphatic carbocycles. The number of fused-ring (bicyclic) bond motifs is 2. The molecule has 2 atom stereocenters. The van der Waals surface area contributed by atoms with Crippen LogP contribution in [0.15, 0.2) is 10.6 Å². The third-order valence-corrected chi connectivity index (χ3v) is 4.75. The van der Waals surface area contributed by atoms with Crippen LogP contribution in [-0.2, 0) is 11.3 Å². The van der Waals surface area contributed by atoms with Crippen molar-refractivity contribution in [1.29, 1.82) is 0 Å². The first-order valence-corrected chi connectivity index (χ1v) is 7.68. The maximum absolute atomic E-state index is 12.3. The van der Waals surface area contributed by atoms with Crippen LogP contribution in [0.3, 0.4) is 0 Å². The zero-order chi connectivity index (χ0) is 14.8. The summed E-state index contributed by atoms with van der Waals surface area (Å²) in [7, 11) is 1.58. The van der Waals surface area contributed by atoms with Gasteiger partial charge in [-0.05, 0) is 37.5 Å². The molecule has 0 aliphatic heterocycles. The fourth-order valence-electron chi connectivity index (χ4n) is 3.88. The number of hydrogen-bond donors (Lipinski definition) is 2. The van der Waals surface area contributed by atoms with Gasteiger partial charge in [0, 0.05) is 25.3 Å². The van der Waals surface area contributed by atoms with Crippen molar-refractivity contribution in [3.63, 3.8) is 0 Å². The Hall–Kier alpha value is -1.11. The minimum atomic E-state index is -0.154. The maximum Gasteiger partial charge on any atom is 0.273 e. The average molecular weight is 330 g/mol. The van der Waals surface area contributed by atoms with E-state index in [0.29, 0.717) is 29.9 Å². The van der Waals surface area contributed by atoms with Crippen LogP contribution >= 0.6 is 12.4 Å². The Morgan fingerprint density at radius 1 is 1.45 bits per heavy atom. The fraction of sp³-hybridized carbons (Fsp3) is 0.733. The van der Waals surface area contributed by atoms with E-state index < -0.39 is 0 Å². The van der Waals surface area contributed by atoms with Gasteiger partial charge in [0.1, 0.15) is 6.61 Å². The quantitative estimate of drug-likeness (QED) is 0.880. The molecule has 0 radical (unpaired) electrons. The van der Waals surface area contributed by atoms with Gasteiger partial charge in [0.2, 0.25) is 0 Å². The average Bonchev–Trinajstić information content (AvgIpc) is 2.89. The van der Waals surface area contributed by atoms with Crippen molar-refractivity contribution in [2.45, 2.75) is 50.8 Å². The number of nitrogens with one attached hydrogen (secondary N) is 1. The lowest BCUT2D eigenvalue weighted by molar-refractivity contribution is 0.0748. The number of aromatic nitrogens is 1. The van der Waals surface area contributed by atoms with Gasteiger partial charge in [-0.2, -0.15) is 0 Å². The zero-order valence-corrected chi connectivity index (χ0v) is 13.6. The van der Waals surface area contributed by atoms with E-state index in [0.717, 1.165) is 25.7 Å². The van der Waals surface area contributed by atoms with E-state index in [1.807, 2.05) is 0 Å². The molecule has 1 aromatic rings. The second-order valence-corrected chi connectivity index (χ2v) is 6.29. The second kappa shape index (κ2) is 7.44. The molecule has 0 spiro atoms. The van der Waals surface area contributed by atoms with Gasteiger partial charge in [0.15, 0.2) is 11.5 Å². The SMILES string of the molecule is COCc1cc(C(=O)NC2C3CCCC2CC(N)C3)no1.Cl. The van der Waals surface area contributed by atoms with E-state index in [-0.39, 0.29) is 30.4 Å². The second-order valence-electron chi connectivity index (χ2n) is 6.29.